The Balaban J connectivity index is 1.08. The lowest BCUT2D eigenvalue weighted by atomic mass is 9.84. The Morgan fingerprint density at radius 2 is 0.757 bits per heavy atom. The first-order chi connectivity index (χ1) is 33.7. The molecule has 0 saturated carbocycles. The van der Waals surface area contributed by atoms with Crippen LogP contribution in [0.3, 0.4) is 0 Å². The quantitative estimate of drug-likeness (QED) is 0.165. The summed E-state index contributed by atoms with van der Waals surface area (Å²) in [5.74, 6) is 0.921. The zero-order valence-electron chi connectivity index (χ0n) is 42.6. The molecule has 70 heavy (non-hydrogen) atoms. The first-order valence-electron chi connectivity index (χ1n) is 25.3. The van der Waals surface area contributed by atoms with Crippen LogP contribution in [-0.4, -0.2) is 8.80 Å². The largest absolute Gasteiger partial charge is 0.310 e. The number of hydrogen-bond donors (Lipinski definition) is 0. The average Bonchev–Trinajstić information content (AvgIpc) is 4.07. The summed E-state index contributed by atoms with van der Waals surface area (Å²) in [6.45, 7) is 27.2. The van der Waals surface area contributed by atoms with Gasteiger partial charge in [-0.05, 0) is 210 Å². The number of hydrogen-bond acceptors (Lipinski definition) is 2. The van der Waals surface area contributed by atoms with E-state index in [1.807, 2.05) is 0 Å². The van der Waals surface area contributed by atoms with Crippen LogP contribution in [0.25, 0.3) is 76.2 Å². The highest BCUT2D eigenvalue weighted by Crippen LogP contribution is 2.50. The molecule has 0 fully saturated rings. The van der Waals surface area contributed by atoms with Gasteiger partial charge in [0, 0.05) is 65.8 Å². The lowest BCUT2D eigenvalue weighted by Gasteiger charge is -2.33. The molecule has 13 rings (SSSR count). The summed E-state index contributed by atoms with van der Waals surface area (Å²) in [7, 11) is 0. The molecule has 1 aliphatic carbocycles. The van der Waals surface area contributed by atoms with Gasteiger partial charge in [-0.2, -0.15) is 0 Å². The summed E-state index contributed by atoms with van der Waals surface area (Å²) in [6.07, 6.45) is 4.92. The van der Waals surface area contributed by atoms with Gasteiger partial charge in [-0.15, -0.1) is 0 Å². The first-order valence-corrected chi connectivity index (χ1v) is 25.3. The molecule has 4 aromatic heterocycles. The van der Waals surface area contributed by atoms with Gasteiger partial charge in [0.25, 0.3) is 0 Å². The van der Waals surface area contributed by atoms with E-state index in [0.717, 1.165) is 0 Å². The lowest BCUT2D eigenvalue weighted by molar-refractivity contribution is 0.518. The number of benzene rings is 8. The minimum absolute atomic E-state index is 0.422. The summed E-state index contributed by atoms with van der Waals surface area (Å²) in [5.41, 5.74) is 28.0. The van der Waals surface area contributed by atoms with Crippen molar-refractivity contribution in [3.8, 4) is 0 Å². The Morgan fingerprint density at radius 1 is 0.386 bits per heavy atom. The minimum Gasteiger partial charge on any atom is -0.310 e. The maximum atomic E-state index is 2.57. The molecule has 12 aromatic rings. The third kappa shape index (κ3) is 5.77. The maximum Gasteiger partial charge on any atom is 0.0621 e. The Bertz CT molecular complexity index is 4150. The number of allylic oxidation sites excluding steroid dienone is 3. The Hall–Kier alpha value is -7.56. The van der Waals surface area contributed by atoms with Crippen molar-refractivity contribution in [3.05, 3.63) is 195 Å². The van der Waals surface area contributed by atoms with Gasteiger partial charge in [0.1, 0.15) is 0 Å². The predicted octanol–water partition coefficient (Wildman–Crippen LogP) is 18.5. The molecular formula is C66H60N4. The van der Waals surface area contributed by atoms with Crippen molar-refractivity contribution in [3.63, 3.8) is 0 Å². The van der Waals surface area contributed by atoms with E-state index in [2.05, 4.69) is 235 Å². The van der Waals surface area contributed by atoms with E-state index < -0.39 is 0 Å². The van der Waals surface area contributed by atoms with Crippen LogP contribution in [0.15, 0.2) is 145 Å². The molecule has 0 aliphatic heterocycles. The number of anilines is 5. The highest BCUT2D eigenvalue weighted by atomic mass is 15.2. The van der Waals surface area contributed by atoms with E-state index in [4.69, 9.17) is 0 Å². The monoisotopic (exact) mass is 908 g/mol. The molecule has 0 bridgehead atoms. The topological polar surface area (TPSA) is 15.3 Å². The fourth-order valence-corrected chi connectivity index (χ4v) is 12.5. The number of aryl methyl sites for hydroxylation is 6. The molecule has 4 heterocycles. The highest BCUT2D eigenvalue weighted by molar-refractivity contribution is 6.31. The maximum absolute atomic E-state index is 2.57. The summed E-state index contributed by atoms with van der Waals surface area (Å²) in [5, 5.41) is 10.2. The van der Waals surface area contributed by atoms with Gasteiger partial charge >= 0.3 is 0 Å². The zero-order valence-corrected chi connectivity index (χ0v) is 42.6. The van der Waals surface area contributed by atoms with Crippen LogP contribution >= 0.6 is 0 Å². The fourth-order valence-electron chi connectivity index (χ4n) is 12.5. The minimum atomic E-state index is 0.422. The Labute approximate surface area is 411 Å². The van der Waals surface area contributed by atoms with Gasteiger partial charge in [0.15, 0.2) is 0 Å². The van der Waals surface area contributed by atoms with Crippen LogP contribution in [0, 0.1) is 74.1 Å². The van der Waals surface area contributed by atoms with Crippen LogP contribution in [0.1, 0.15) is 70.8 Å². The molecule has 0 N–H and O–H groups in total. The van der Waals surface area contributed by atoms with E-state index in [9.17, 15) is 0 Å². The number of nitrogens with zero attached hydrogens (tertiary/aromatic N) is 4. The van der Waals surface area contributed by atoms with Gasteiger partial charge in [-0.25, -0.2) is 0 Å². The summed E-state index contributed by atoms with van der Waals surface area (Å²) >= 11 is 0. The average molecular weight is 909 g/mol. The lowest BCUT2D eigenvalue weighted by Crippen LogP contribution is -2.22. The molecule has 4 nitrogen and oxygen atoms in total. The molecule has 4 heteroatoms. The Morgan fingerprint density at radius 3 is 1.17 bits per heavy atom. The molecule has 2 unspecified atom stereocenters. The standard InChI is InChI=1S/C66H60N4/c1-35-25-47(26-36(2)43(35)9)67(48-27-37(3)44(10)38(4)28-48)57-21-15-23-59-63(57)53-19-13-17-51-55-34-62-56(33-61(55)69(59)65(51)53)52-18-14-20-54-64-58(22-16-24-60(64)70(62)66(52)54)68(49-29-39(5)45(11)40(6)30-49)50-31-41(7)46(12)42(8)32-50/h13-35,43H,1-12H3. The molecule has 0 spiro atoms. The SMILES string of the molecule is CC1=CC(N(c2cc(C)c(C)c(C)c2)c2cccc3c2c2cccc4c5cc6c(cc5n3c42)c2cccc3c4c(N(c5cc(C)c(C)c(C)c5)c5cc(C)c(C)c(C)c5)cccc4n6c23)=CC(C)C1C. The van der Waals surface area contributed by atoms with E-state index in [-0.39, 0.29) is 0 Å². The van der Waals surface area contributed by atoms with Crippen molar-refractivity contribution in [2.75, 3.05) is 9.80 Å². The second kappa shape index (κ2) is 15.0. The molecule has 1 aliphatic rings. The van der Waals surface area contributed by atoms with Gasteiger partial charge in [-0.1, -0.05) is 74.0 Å². The van der Waals surface area contributed by atoms with Crippen LogP contribution in [0.4, 0.5) is 28.4 Å². The second-order valence-electron chi connectivity index (χ2n) is 21.2. The molecule has 344 valence electrons. The van der Waals surface area contributed by atoms with E-state index in [1.54, 1.807) is 0 Å². The van der Waals surface area contributed by atoms with Gasteiger partial charge in [-0.3, -0.25) is 0 Å². The van der Waals surface area contributed by atoms with E-state index in [0.29, 0.717) is 11.8 Å². The first kappa shape index (κ1) is 42.5. The van der Waals surface area contributed by atoms with Crippen LogP contribution < -0.4 is 9.80 Å². The van der Waals surface area contributed by atoms with Crippen molar-refractivity contribution in [1.82, 2.24) is 8.80 Å². The van der Waals surface area contributed by atoms with E-state index >= 15 is 0 Å². The predicted molar refractivity (Wildman–Crippen MR) is 302 cm³/mol. The number of aromatic nitrogens is 2. The van der Waals surface area contributed by atoms with Crippen LogP contribution in [-0.2, 0) is 0 Å². The van der Waals surface area contributed by atoms with Crippen molar-refractivity contribution < 1.29 is 0 Å². The summed E-state index contributed by atoms with van der Waals surface area (Å²) < 4.78 is 5.14. The van der Waals surface area contributed by atoms with Crippen LogP contribution in [0.5, 0.6) is 0 Å². The van der Waals surface area contributed by atoms with Crippen molar-refractivity contribution in [1.29, 1.82) is 0 Å². The summed E-state index contributed by atoms with van der Waals surface area (Å²) in [4.78, 5) is 5.06. The Kier molecular flexibility index (Phi) is 9.10. The smallest absolute Gasteiger partial charge is 0.0621 e. The van der Waals surface area contributed by atoms with Crippen LogP contribution in [0.2, 0.25) is 0 Å². The highest BCUT2D eigenvalue weighted by Gasteiger charge is 2.29. The summed E-state index contributed by atoms with van der Waals surface area (Å²) in [6, 6.07) is 47.1. The zero-order chi connectivity index (χ0) is 48.3. The van der Waals surface area contributed by atoms with Crippen molar-refractivity contribution in [2.45, 2.75) is 83.1 Å². The fraction of sp³-hybridized carbons (Fsp3) is 0.212. The molecule has 0 radical (unpaired) electrons. The molecule has 8 aromatic carbocycles. The third-order valence-electron chi connectivity index (χ3n) is 17.3. The van der Waals surface area contributed by atoms with E-state index in [1.165, 1.54) is 166 Å². The molecule has 0 amide bonds. The van der Waals surface area contributed by atoms with Gasteiger partial charge in [0.05, 0.1) is 44.5 Å². The second-order valence-corrected chi connectivity index (χ2v) is 21.2. The van der Waals surface area contributed by atoms with Gasteiger partial charge < -0.3 is 18.6 Å². The number of para-hydroxylation sites is 2. The number of rotatable bonds is 6. The third-order valence-corrected chi connectivity index (χ3v) is 17.3. The normalized spacial score (nSPS) is 15.6. The number of fused-ring (bicyclic) bond motifs is 12. The van der Waals surface area contributed by atoms with Gasteiger partial charge in [0.2, 0.25) is 0 Å². The molecule has 0 saturated heterocycles. The van der Waals surface area contributed by atoms with Crippen molar-refractivity contribution >= 4 is 105 Å². The molecular weight excluding hydrogens is 849 g/mol. The van der Waals surface area contributed by atoms with Crippen molar-refractivity contribution in [2.24, 2.45) is 11.8 Å². The molecule has 2 atom stereocenters.